The van der Waals surface area contributed by atoms with E-state index >= 15 is 0 Å². The summed E-state index contributed by atoms with van der Waals surface area (Å²) in [5.41, 5.74) is 8.11. The standard InChI is InChI=1S/C9H11N5O4/c10-8(13-14(17)18)12-7-3-1-6(2-4-7)5-11-9(15)16/h1-4,11H,5H2,(H,15,16)(H3,10,12,13). The van der Waals surface area contributed by atoms with Crippen LogP contribution in [0.2, 0.25) is 0 Å². The molecular weight excluding hydrogens is 242 g/mol. The van der Waals surface area contributed by atoms with Crippen molar-refractivity contribution in [2.24, 2.45) is 10.7 Å². The SMILES string of the molecule is NC(=Nc1ccc(CNC(=O)O)cc1)N[N+](=O)[O-]. The van der Waals surface area contributed by atoms with Gasteiger partial charge in [0.25, 0.3) is 5.96 Å². The molecule has 0 saturated heterocycles. The smallest absolute Gasteiger partial charge is 0.404 e. The monoisotopic (exact) mass is 253 g/mol. The van der Waals surface area contributed by atoms with Gasteiger partial charge in [0, 0.05) is 6.54 Å². The van der Waals surface area contributed by atoms with Crippen LogP contribution in [0, 0.1) is 10.1 Å². The van der Waals surface area contributed by atoms with Crippen molar-refractivity contribution in [3.05, 3.63) is 39.9 Å². The minimum absolute atomic E-state index is 0.169. The van der Waals surface area contributed by atoms with E-state index in [0.717, 1.165) is 5.56 Å². The lowest BCUT2D eigenvalue weighted by Gasteiger charge is -2.02. The quantitative estimate of drug-likeness (QED) is 0.261. The predicted octanol–water partition coefficient (Wildman–Crippen LogP) is 0.182. The lowest BCUT2D eigenvalue weighted by molar-refractivity contribution is -0.525. The molecule has 0 aliphatic carbocycles. The Labute approximate surface area is 101 Å². The Morgan fingerprint density at radius 3 is 2.56 bits per heavy atom. The summed E-state index contributed by atoms with van der Waals surface area (Å²) in [6.07, 6.45) is -1.11. The van der Waals surface area contributed by atoms with E-state index in [4.69, 9.17) is 10.8 Å². The molecule has 1 aromatic rings. The van der Waals surface area contributed by atoms with Crippen LogP contribution in [0.3, 0.4) is 0 Å². The lowest BCUT2D eigenvalue weighted by Crippen LogP contribution is -2.35. The fraction of sp³-hybridized carbons (Fsp3) is 0.111. The van der Waals surface area contributed by atoms with Crippen molar-refractivity contribution in [3.8, 4) is 0 Å². The Hall–Kier alpha value is -2.84. The molecular formula is C9H11N5O4. The van der Waals surface area contributed by atoms with Crippen molar-refractivity contribution in [2.45, 2.75) is 6.54 Å². The molecule has 0 unspecified atom stereocenters. The van der Waals surface area contributed by atoms with Gasteiger partial charge in [-0.3, -0.25) is 0 Å². The molecule has 9 nitrogen and oxygen atoms in total. The van der Waals surface area contributed by atoms with Crippen LogP contribution in [-0.2, 0) is 6.54 Å². The van der Waals surface area contributed by atoms with E-state index in [9.17, 15) is 14.9 Å². The Bertz CT molecular complexity index is 470. The lowest BCUT2D eigenvalue weighted by atomic mass is 10.2. The number of benzene rings is 1. The molecule has 96 valence electrons. The predicted molar refractivity (Wildman–Crippen MR) is 62.7 cm³/mol. The number of guanidine groups is 1. The van der Waals surface area contributed by atoms with Crippen LogP contribution in [0.1, 0.15) is 5.56 Å². The van der Waals surface area contributed by atoms with Crippen LogP contribution in [0.25, 0.3) is 0 Å². The van der Waals surface area contributed by atoms with Crippen molar-refractivity contribution < 1.29 is 14.9 Å². The average Bonchev–Trinajstić information content (AvgIpc) is 2.26. The molecule has 1 amide bonds. The number of hydrazine groups is 1. The summed E-state index contributed by atoms with van der Waals surface area (Å²) in [4.78, 5) is 24.1. The minimum atomic E-state index is -1.11. The van der Waals surface area contributed by atoms with Gasteiger partial charge in [0.1, 0.15) is 0 Å². The Kier molecular flexibility index (Phi) is 4.43. The van der Waals surface area contributed by atoms with Crippen molar-refractivity contribution in [1.82, 2.24) is 10.7 Å². The van der Waals surface area contributed by atoms with Crippen molar-refractivity contribution >= 4 is 17.7 Å². The molecule has 1 rings (SSSR count). The van der Waals surface area contributed by atoms with Crippen LogP contribution in [0.5, 0.6) is 0 Å². The van der Waals surface area contributed by atoms with Crippen LogP contribution in [-0.4, -0.2) is 22.2 Å². The van der Waals surface area contributed by atoms with Gasteiger partial charge < -0.3 is 16.2 Å². The van der Waals surface area contributed by atoms with Crippen molar-refractivity contribution in [3.63, 3.8) is 0 Å². The number of aliphatic imine (C=N–C) groups is 1. The molecule has 0 radical (unpaired) electrons. The first-order chi connectivity index (χ1) is 8.47. The third-order valence-electron chi connectivity index (χ3n) is 1.84. The third kappa shape index (κ3) is 4.79. The fourth-order valence-electron chi connectivity index (χ4n) is 1.12. The summed E-state index contributed by atoms with van der Waals surface area (Å²) >= 11 is 0. The van der Waals surface area contributed by atoms with Gasteiger partial charge in [0.15, 0.2) is 5.03 Å². The second-order valence-electron chi connectivity index (χ2n) is 3.19. The molecule has 5 N–H and O–H groups in total. The van der Waals surface area contributed by atoms with Crippen LogP contribution < -0.4 is 16.5 Å². The summed E-state index contributed by atoms with van der Waals surface area (Å²) in [6.45, 7) is 0.169. The highest BCUT2D eigenvalue weighted by molar-refractivity contribution is 5.79. The number of hydrogen-bond acceptors (Lipinski definition) is 4. The summed E-state index contributed by atoms with van der Waals surface area (Å²) in [5, 5.41) is 19.9. The van der Waals surface area contributed by atoms with E-state index in [1.165, 1.54) is 0 Å². The van der Waals surface area contributed by atoms with E-state index in [1.807, 2.05) is 0 Å². The van der Waals surface area contributed by atoms with Gasteiger partial charge in [-0.2, -0.15) is 0 Å². The average molecular weight is 253 g/mol. The van der Waals surface area contributed by atoms with E-state index in [-0.39, 0.29) is 12.5 Å². The number of carbonyl (C=O) groups is 1. The van der Waals surface area contributed by atoms with E-state index in [0.29, 0.717) is 5.69 Å². The molecule has 0 heterocycles. The highest BCUT2D eigenvalue weighted by Gasteiger charge is 2.00. The van der Waals surface area contributed by atoms with E-state index < -0.39 is 11.1 Å². The second-order valence-corrected chi connectivity index (χ2v) is 3.19. The zero-order chi connectivity index (χ0) is 13.5. The number of nitro groups is 1. The van der Waals surface area contributed by atoms with Crippen LogP contribution in [0.4, 0.5) is 10.5 Å². The van der Waals surface area contributed by atoms with Gasteiger partial charge in [0.05, 0.1) is 5.69 Å². The van der Waals surface area contributed by atoms with Gasteiger partial charge in [-0.25, -0.2) is 19.9 Å². The Morgan fingerprint density at radius 2 is 2.06 bits per heavy atom. The van der Waals surface area contributed by atoms with Crippen LogP contribution >= 0.6 is 0 Å². The zero-order valence-electron chi connectivity index (χ0n) is 9.16. The zero-order valence-corrected chi connectivity index (χ0v) is 9.16. The largest absolute Gasteiger partial charge is 0.465 e. The maximum absolute atomic E-state index is 10.3. The normalized spacial score (nSPS) is 10.8. The number of amides is 1. The summed E-state index contributed by atoms with van der Waals surface area (Å²) < 4.78 is 0. The number of nitrogens with zero attached hydrogens (tertiary/aromatic N) is 2. The van der Waals surface area contributed by atoms with Gasteiger partial charge in [0.2, 0.25) is 0 Å². The topological polar surface area (TPSA) is 143 Å². The molecule has 0 bridgehead atoms. The molecule has 0 aliphatic heterocycles. The molecule has 0 fully saturated rings. The van der Waals surface area contributed by atoms with Gasteiger partial charge >= 0.3 is 6.09 Å². The first-order valence-electron chi connectivity index (χ1n) is 4.78. The number of nitrogens with two attached hydrogens (primary N) is 1. The van der Waals surface area contributed by atoms with Crippen molar-refractivity contribution in [1.29, 1.82) is 0 Å². The second kappa shape index (κ2) is 6.03. The molecule has 1 aromatic carbocycles. The van der Waals surface area contributed by atoms with Gasteiger partial charge in [-0.1, -0.05) is 17.6 Å². The summed E-state index contributed by atoms with van der Waals surface area (Å²) in [7, 11) is 0. The minimum Gasteiger partial charge on any atom is -0.465 e. The van der Waals surface area contributed by atoms with Crippen LogP contribution in [0.15, 0.2) is 29.3 Å². The maximum Gasteiger partial charge on any atom is 0.404 e. The summed E-state index contributed by atoms with van der Waals surface area (Å²) in [6, 6.07) is 6.39. The first-order valence-corrected chi connectivity index (χ1v) is 4.78. The molecule has 0 spiro atoms. The third-order valence-corrected chi connectivity index (χ3v) is 1.84. The number of carboxylic acid groups (broad SMARTS) is 1. The highest BCUT2D eigenvalue weighted by Crippen LogP contribution is 2.12. The molecule has 0 aromatic heterocycles. The molecule has 0 atom stereocenters. The van der Waals surface area contributed by atoms with E-state index in [2.05, 4.69) is 10.3 Å². The molecule has 18 heavy (non-hydrogen) atoms. The fourth-order valence-corrected chi connectivity index (χ4v) is 1.12. The molecule has 9 heteroatoms. The van der Waals surface area contributed by atoms with E-state index in [1.54, 1.807) is 29.7 Å². The molecule has 0 saturated carbocycles. The van der Waals surface area contributed by atoms with Gasteiger partial charge in [-0.05, 0) is 17.7 Å². The number of hydrogen-bond donors (Lipinski definition) is 4. The van der Waals surface area contributed by atoms with Gasteiger partial charge in [-0.15, -0.1) is 0 Å². The highest BCUT2D eigenvalue weighted by atomic mass is 16.7. The number of nitrogens with one attached hydrogen (secondary N) is 2. The molecule has 0 aliphatic rings. The number of rotatable bonds is 4. The Morgan fingerprint density at radius 1 is 1.44 bits per heavy atom. The van der Waals surface area contributed by atoms with Crippen molar-refractivity contribution in [2.75, 3.05) is 0 Å². The first kappa shape index (κ1) is 13.2. The summed E-state index contributed by atoms with van der Waals surface area (Å²) in [5.74, 6) is -0.337. The Balaban J connectivity index is 2.65. The maximum atomic E-state index is 10.3.